The summed E-state index contributed by atoms with van der Waals surface area (Å²) in [5.74, 6) is -1.75. The quantitative estimate of drug-likeness (QED) is 0.241. The summed E-state index contributed by atoms with van der Waals surface area (Å²) in [7, 11) is 0. The average Bonchev–Trinajstić information content (AvgIpc) is 2.86. The molecule has 0 saturated carbocycles. The van der Waals surface area contributed by atoms with E-state index in [2.05, 4.69) is 17.6 Å². The van der Waals surface area contributed by atoms with Crippen LogP contribution >= 0.6 is 0 Å². The van der Waals surface area contributed by atoms with Crippen LogP contribution in [0.3, 0.4) is 0 Å². The van der Waals surface area contributed by atoms with Crippen molar-refractivity contribution in [1.82, 2.24) is 10.2 Å². The lowest BCUT2D eigenvalue weighted by Crippen LogP contribution is -2.53. The molecule has 0 spiro atoms. The highest BCUT2D eigenvalue weighted by Crippen LogP contribution is 2.28. The van der Waals surface area contributed by atoms with Crippen molar-refractivity contribution >= 4 is 29.5 Å². The van der Waals surface area contributed by atoms with Gasteiger partial charge in [-0.05, 0) is 65.2 Å². The molecule has 4 amide bonds. The van der Waals surface area contributed by atoms with Crippen LogP contribution in [0.5, 0.6) is 0 Å². The summed E-state index contributed by atoms with van der Waals surface area (Å²) in [6, 6.07) is 10.8. The molecule has 0 aromatic heterocycles. The molecule has 9 heteroatoms. The topological polar surface area (TPSA) is 131 Å². The van der Waals surface area contributed by atoms with Crippen molar-refractivity contribution in [2.24, 2.45) is 5.73 Å². The van der Waals surface area contributed by atoms with Crippen molar-refractivity contribution in [1.29, 1.82) is 0 Å². The van der Waals surface area contributed by atoms with Gasteiger partial charge < -0.3 is 26.0 Å². The fourth-order valence-corrected chi connectivity index (χ4v) is 4.86. The number of alkyl carbamates (subject to hydrolysis) is 1. The van der Waals surface area contributed by atoms with Crippen LogP contribution in [-0.4, -0.2) is 46.9 Å². The molecule has 0 saturated heterocycles. The minimum absolute atomic E-state index is 0.243. The number of carbonyl (C=O) groups excluding carboxylic acids is 4. The Labute approximate surface area is 250 Å². The highest BCUT2D eigenvalue weighted by Gasteiger charge is 2.37. The lowest BCUT2D eigenvalue weighted by Gasteiger charge is -2.34. The molecule has 0 radical (unpaired) electrons. The summed E-state index contributed by atoms with van der Waals surface area (Å²) < 4.78 is 5.37. The fourth-order valence-electron chi connectivity index (χ4n) is 4.86. The van der Waals surface area contributed by atoms with Crippen LogP contribution in [0.4, 0.5) is 10.5 Å². The summed E-state index contributed by atoms with van der Waals surface area (Å²) in [6.07, 6.45) is 3.32. The molecule has 0 aliphatic heterocycles. The molecular formula is C33H48N4O5. The Hall–Kier alpha value is -3.88. The van der Waals surface area contributed by atoms with Crippen LogP contribution < -0.4 is 16.4 Å². The highest BCUT2D eigenvalue weighted by atomic mass is 16.6. The van der Waals surface area contributed by atoms with E-state index in [4.69, 9.17) is 10.5 Å². The van der Waals surface area contributed by atoms with E-state index in [1.54, 1.807) is 20.8 Å². The zero-order chi connectivity index (χ0) is 31.4. The summed E-state index contributed by atoms with van der Waals surface area (Å²) in [6.45, 7) is 13.2. The van der Waals surface area contributed by atoms with E-state index in [-0.39, 0.29) is 6.54 Å². The van der Waals surface area contributed by atoms with E-state index in [1.165, 1.54) is 4.90 Å². The highest BCUT2D eigenvalue weighted by molar-refractivity contribution is 6.00. The number of primary amides is 1. The first-order chi connectivity index (χ1) is 19.7. The molecule has 4 N–H and O–H groups in total. The third kappa shape index (κ3) is 11.2. The number of hydrogen-bond acceptors (Lipinski definition) is 5. The number of aryl methyl sites for hydroxylation is 3. The standard InChI is InChI=1S/C33H48N4O5/c1-8-9-10-11-14-17-37(31(40)27(21-28(34)38)36-32(41)42-33(5,6)7)29(25-19-22(2)18-23(3)20-25)30(39)35-26-16-13-12-15-24(26)4/h12-13,15-16,18-20,27,29H,8-11,14,17,21H2,1-7H3,(H2,34,38)(H,35,39)(H,36,41). The van der Waals surface area contributed by atoms with Gasteiger partial charge in [0.2, 0.25) is 11.8 Å². The largest absolute Gasteiger partial charge is 0.444 e. The molecule has 0 heterocycles. The van der Waals surface area contributed by atoms with E-state index >= 15 is 0 Å². The number of hydrogen-bond donors (Lipinski definition) is 3. The number of nitrogens with two attached hydrogens (primary N) is 1. The van der Waals surface area contributed by atoms with Gasteiger partial charge in [0, 0.05) is 12.2 Å². The maximum atomic E-state index is 14.3. The Bertz CT molecular complexity index is 1220. The van der Waals surface area contributed by atoms with Crippen molar-refractivity contribution in [3.05, 3.63) is 64.7 Å². The Kier molecular flexibility index (Phi) is 13.0. The monoisotopic (exact) mass is 580 g/mol. The van der Waals surface area contributed by atoms with Gasteiger partial charge in [0.15, 0.2) is 0 Å². The molecule has 0 aliphatic rings. The summed E-state index contributed by atoms with van der Waals surface area (Å²) in [4.78, 5) is 54.6. The van der Waals surface area contributed by atoms with Gasteiger partial charge in [-0.15, -0.1) is 0 Å². The fraction of sp³-hybridized carbons (Fsp3) is 0.515. The molecule has 2 atom stereocenters. The third-order valence-electron chi connectivity index (χ3n) is 6.70. The number of nitrogens with zero attached hydrogens (tertiary/aromatic N) is 1. The van der Waals surface area contributed by atoms with Crippen molar-refractivity contribution in [2.45, 2.75) is 105 Å². The number of rotatable bonds is 14. The second-order valence-corrected chi connectivity index (χ2v) is 11.9. The van der Waals surface area contributed by atoms with Gasteiger partial charge in [0.1, 0.15) is 17.7 Å². The lowest BCUT2D eigenvalue weighted by atomic mass is 9.97. The summed E-state index contributed by atoms with van der Waals surface area (Å²) >= 11 is 0. The number of nitrogens with one attached hydrogen (secondary N) is 2. The van der Waals surface area contributed by atoms with Crippen LogP contribution in [0.15, 0.2) is 42.5 Å². The number of carbonyl (C=O) groups is 4. The minimum atomic E-state index is -1.31. The zero-order valence-electron chi connectivity index (χ0n) is 26.2. The minimum Gasteiger partial charge on any atom is -0.444 e. The molecule has 9 nitrogen and oxygen atoms in total. The summed E-state index contributed by atoms with van der Waals surface area (Å²) in [5.41, 5.74) is 8.71. The lowest BCUT2D eigenvalue weighted by molar-refractivity contribution is -0.142. The van der Waals surface area contributed by atoms with Crippen LogP contribution in [-0.2, 0) is 19.1 Å². The molecule has 0 bridgehead atoms. The molecule has 2 aromatic rings. The van der Waals surface area contributed by atoms with Crippen LogP contribution in [0.2, 0.25) is 0 Å². The van der Waals surface area contributed by atoms with Crippen molar-refractivity contribution < 1.29 is 23.9 Å². The molecule has 0 fully saturated rings. The second kappa shape index (κ2) is 15.9. The molecule has 2 aromatic carbocycles. The molecule has 0 aliphatic carbocycles. The van der Waals surface area contributed by atoms with E-state index in [0.717, 1.165) is 42.4 Å². The maximum Gasteiger partial charge on any atom is 0.408 e. The first kappa shape index (κ1) is 34.3. The Morgan fingerprint density at radius 3 is 2.12 bits per heavy atom. The van der Waals surface area contributed by atoms with E-state index in [0.29, 0.717) is 17.7 Å². The van der Waals surface area contributed by atoms with E-state index in [9.17, 15) is 19.2 Å². The number of anilines is 1. The number of para-hydroxylation sites is 1. The third-order valence-corrected chi connectivity index (χ3v) is 6.70. The number of amides is 4. The normalized spacial score (nSPS) is 12.6. The van der Waals surface area contributed by atoms with Crippen molar-refractivity contribution in [3.63, 3.8) is 0 Å². The van der Waals surface area contributed by atoms with E-state index in [1.807, 2.05) is 63.2 Å². The molecule has 2 rings (SSSR count). The SMILES string of the molecule is CCCCCCCN(C(=O)C(CC(N)=O)NC(=O)OC(C)(C)C)C(C(=O)Nc1ccccc1C)c1cc(C)cc(C)c1. The predicted octanol–water partition coefficient (Wildman–Crippen LogP) is 5.86. The van der Waals surface area contributed by atoms with Gasteiger partial charge in [0.05, 0.1) is 6.42 Å². The Morgan fingerprint density at radius 1 is 0.929 bits per heavy atom. The summed E-state index contributed by atoms with van der Waals surface area (Å²) in [5, 5.41) is 5.55. The molecule has 2 unspecified atom stereocenters. The number of ether oxygens (including phenoxy) is 1. The molecule has 42 heavy (non-hydrogen) atoms. The van der Waals surface area contributed by atoms with Crippen molar-refractivity contribution in [2.75, 3.05) is 11.9 Å². The van der Waals surface area contributed by atoms with Gasteiger partial charge in [-0.2, -0.15) is 0 Å². The number of unbranched alkanes of at least 4 members (excludes halogenated alkanes) is 4. The zero-order valence-corrected chi connectivity index (χ0v) is 26.2. The van der Waals surface area contributed by atoms with Gasteiger partial charge in [-0.1, -0.05) is 80.1 Å². The van der Waals surface area contributed by atoms with Gasteiger partial charge in [0.25, 0.3) is 5.91 Å². The number of benzene rings is 2. The smallest absolute Gasteiger partial charge is 0.408 e. The van der Waals surface area contributed by atoms with Crippen molar-refractivity contribution in [3.8, 4) is 0 Å². The molecular weight excluding hydrogens is 532 g/mol. The van der Waals surface area contributed by atoms with Gasteiger partial charge in [-0.25, -0.2) is 4.79 Å². The maximum absolute atomic E-state index is 14.3. The molecule has 230 valence electrons. The van der Waals surface area contributed by atoms with Gasteiger partial charge >= 0.3 is 6.09 Å². The van der Waals surface area contributed by atoms with Crippen LogP contribution in [0.25, 0.3) is 0 Å². The van der Waals surface area contributed by atoms with Crippen LogP contribution in [0, 0.1) is 20.8 Å². The average molecular weight is 581 g/mol. The van der Waals surface area contributed by atoms with Crippen LogP contribution in [0.1, 0.15) is 94.5 Å². The van der Waals surface area contributed by atoms with Gasteiger partial charge in [-0.3, -0.25) is 14.4 Å². The first-order valence-electron chi connectivity index (χ1n) is 14.7. The van der Waals surface area contributed by atoms with E-state index < -0.39 is 47.9 Å². The Morgan fingerprint density at radius 2 is 1.55 bits per heavy atom. The second-order valence-electron chi connectivity index (χ2n) is 11.9. The predicted molar refractivity (Wildman–Crippen MR) is 166 cm³/mol. The first-order valence-corrected chi connectivity index (χ1v) is 14.7. The Balaban J connectivity index is 2.59.